The van der Waals surface area contributed by atoms with Crippen molar-refractivity contribution in [2.45, 2.75) is 0 Å². The Balaban J connectivity index is 1.91. The fourth-order valence-electron chi connectivity index (χ4n) is 2.10. The van der Waals surface area contributed by atoms with Crippen molar-refractivity contribution in [3.8, 4) is 5.75 Å². The summed E-state index contributed by atoms with van der Waals surface area (Å²) in [5.74, 6) is 0.157. The van der Waals surface area contributed by atoms with Crippen molar-refractivity contribution in [2.75, 3.05) is 12.4 Å². The molecule has 1 heterocycles. The van der Waals surface area contributed by atoms with Crippen molar-refractivity contribution in [1.82, 2.24) is 9.97 Å². The number of nitrogens with zero attached hydrogens (tertiary/aromatic N) is 2. The summed E-state index contributed by atoms with van der Waals surface area (Å²) in [4.78, 5) is 20.8. The molecule has 22 heavy (non-hydrogen) atoms. The molecule has 0 saturated heterocycles. The average Bonchev–Trinajstić information content (AvgIpc) is 2.54. The molecule has 0 saturated carbocycles. The van der Waals surface area contributed by atoms with Gasteiger partial charge in [0.05, 0.1) is 23.7 Å². The van der Waals surface area contributed by atoms with E-state index < -0.39 is 0 Å². The number of benzene rings is 2. The number of aromatic nitrogens is 2. The Labute approximate surface area is 131 Å². The number of hydrogen-bond donors (Lipinski definition) is 1. The minimum Gasteiger partial charge on any atom is -0.496 e. The first-order valence-corrected chi connectivity index (χ1v) is 6.91. The number of fused-ring (bicyclic) bond motifs is 1. The van der Waals surface area contributed by atoms with Gasteiger partial charge in [0.15, 0.2) is 0 Å². The van der Waals surface area contributed by atoms with Crippen LogP contribution in [0.5, 0.6) is 5.75 Å². The number of amides is 1. The minimum absolute atomic E-state index is 0.303. The smallest absolute Gasteiger partial charge is 0.259 e. The highest BCUT2D eigenvalue weighted by atomic mass is 35.5. The van der Waals surface area contributed by atoms with E-state index >= 15 is 0 Å². The summed E-state index contributed by atoms with van der Waals surface area (Å²) in [5.41, 5.74) is 2.47. The van der Waals surface area contributed by atoms with Crippen LogP contribution >= 0.6 is 11.6 Å². The highest BCUT2D eigenvalue weighted by Crippen LogP contribution is 2.24. The maximum absolute atomic E-state index is 12.4. The van der Waals surface area contributed by atoms with Gasteiger partial charge in [-0.25, -0.2) is 0 Å². The maximum Gasteiger partial charge on any atom is 0.259 e. The summed E-state index contributed by atoms with van der Waals surface area (Å²) in [6, 6.07) is 10.2. The number of anilines is 1. The van der Waals surface area contributed by atoms with Gasteiger partial charge in [0.1, 0.15) is 5.75 Å². The Morgan fingerprint density at radius 3 is 2.64 bits per heavy atom. The van der Waals surface area contributed by atoms with E-state index in [0.717, 1.165) is 5.52 Å². The molecule has 1 N–H and O–H groups in total. The summed E-state index contributed by atoms with van der Waals surface area (Å²) < 4.78 is 5.19. The molecule has 0 aliphatic rings. The number of carbonyl (C=O) groups is 1. The molecular weight excluding hydrogens is 302 g/mol. The van der Waals surface area contributed by atoms with E-state index in [2.05, 4.69) is 15.3 Å². The quantitative estimate of drug-likeness (QED) is 0.803. The molecule has 3 rings (SSSR count). The molecule has 3 aromatic rings. The summed E-state index contributed by atoms with van der Waals surface area (Å²) in [6.07, 6.45) is 3.23. The molecule has 0 atom stereocenters. The number of nitrogens with one attached hydrogen (secondary N) is 1. The first-order valence-electron chi connectivity index (χ1n) is 6.53. The molecule has 0 radical (unpaired) electrons. The van der Waals surface area contributed by atoms with Crippen molar-refractivity contribution in [3.63, 3.8) is 0 Å². The van der Waals surface area contributed by atoms with E-state index in [9.17, 15) is 4.79 Å². The van der Waals surface area contributed by atoms with Gasteiger partial charge in [-0.15, -0.1) is 0 Å². The zero-order chi connectivity index (χ0) is 15.5. The molecule has 0 fully saturated rings. The molecule has 0 aliphatic heterocycles. The number of ether oxygens (including phenoxy) is 1. The van der Waals surface area contributed by atoms with Crippen LogP contribution in [0.25, 0.3) is 11.0 Å². The number of carbonyl (C=O) groups excluding carboxylic acids is 1. The zero-order valence-electron chi connectivity index (χ0n) is 11.7. The SMILES string of the molecule is COc1ccc(Cl)cc1C(=O)Nc1ccc2nccnc2c1. The van der Waals surface area contributed by atoms with Crippen molar-refractivity contribution >= 4 is 34.2 Å². The Hall–Kier alpha value is -2.66. The molecule has 0 aliphatic carbocycles. The Kier molecular flexibility index (Phi) is 3.89. The molecular formula is C16H12ClN3O2. The Bertz CT molecular complexity index is 852. The highest BCUT2D eigenvalue weighted by Gasteiger charge is 2.13. The van der Waals surface area contributed by atoms with Gasteiger partial charge in [-0.05, 0) is 36.4 Å². The second kappa shape index (κ2) is 5.99. The van der Waals surface area contributed by atoms with E-state index in [-0.39, 0.29) is 5.91 Å². The summed E-state index contributed by atoms with van der Waals surface area (Å²) in [6.45, 7) is 0. The van der Waals surface area contributed by atoms with Gasteiger partial charge in [-0.1, -0.05) is 11.6 Å². The summed E-state index contributed by atoms with van der Waals surface area (Å²) in [7, 11) is 1.51. The molecule has 5 nitrogen and oxygen atoms in total. The topological polar surface area (TPSA) is 64.1 Å². The van der Waals surface area contributed by atoms with E-state index in [4.69, 9.17) is 16.3 Å². The van der Waals surface area contributed by atoms with Crippen molar-refractivity contribution in [2.24, 2.45) is 0 Å². The first-order chi connectivity index (χ1) is 10.7. The van der Waals surface area contributed by atoms with Crippen LogP contribution in [-0.2, 0) is 0 Å². The van der Waals surface area contributed by atoms with Gasteiger partial charge < -0.3 is 10.1 Å². The standard InChI is InChI=1S/C16H12ClN3O2/c1-22-15-5-2-10(17)8-12(15)16(21)20-11-3-4-13-14(9-11)19-7-6-18-13/h2-9H,1H3,(H,20,21). The number of halogens is 1. The third-order valence-electron chi connectivity index (χ3n) is 3.13. The zero-order valence-corrected chi connectivity index (χ0v) is 12.5. The van der Waals surface area contributed by atoms with E-state index in [1.54, 1.807) is 48.8 Å². The molecule has 6 heteroatoms. The van der Waals surface area contributed by atoms with Crippen LogP contribution in [0.3, 0.4) is 0 Å². The lowest BCUT2D eigenvalue weighted by Crippen LogP contribution is -2.13. The van der Waals surface area contributed by atoms with E-state index in [1.165, 1.54) is 7.11 Å². The van der Waals surface area contributed by atoms with Crippen molar-refractivity contribution in [1.29, 1.82) is 0 Å². The number of hydrogen-bond acceptors (Lipinski definition) is 4. The van der Waals surface area contributed by atoms with Gasteiger partial charge in [-0.2, -0.15) is 0 Å². The Morgan fingerprint density at radius 1 is 1.09 bits per heavy atom. The van der Waals surface area contributed by atoms with E-state index in [1.807, 2.05) is 0 Å². The van der Waals surface area contributed by atoms with Gasteiger partial charge in [0.2, 0.25) is 0 Å². The van der Waals surface area contributed by atoms with Gasteiger partial charge in [-0.3, -0.25) is 14.8 Å². The van der Waals surface area contributed by atoms with Crippen LogP contribution in [-0.4, -0.2) is 23.0 Å². The fraction of sp³-hybridized carbons (Fsp3) is 0.0625. The van der Waals surface area contributed by atoms with Crippen LogP contribution in [0.15, 0.2) is 48.8 Å². The largest absolute Gasteiger partial charge is 0.496 e. The van der Waals surface area contributed by atoms with Gasteiger partial charge in [0.25, 0.3) is 5.91 Å². The molecule has 1 aromatic heterocycles. The van der Waals surface area contributed by atoms with Gasteiger partial charge >= 0.3 is 0 Å². The van der Waals surface area contributed by atoms with Crippen molar-refractivity contribution in [3.05, 3.63) is 59.4 Å². The monoisotopic (exact) mass is 313 g/mol. The van der Waals surface area contributed by atoms with Crippen LogP contribution in [0.1, 0.15) is 10.4 Å². The van der Waals surface area contributed by atoms with Crippen molar-refractivity contribution < 1.29 is 9.53 Å². The number of rotatable bonds is 3. The van der Waals surface area contributed by atoms with Crippen LogP contribution in [0.4, 0.5) is 5.69 Å². The van der Waals surface area contributed by atoms with E-state index in [0.29, 0.717) is 27.5 Å². The van der Waals surface area contributed by atoms with Crippen LogP contribution < -0.4 is 10.1 Å². The lowest BCUT2D eigenvalue weighted by Gasteiger charge is -2.10. The fourth-order valence-corrected chi connectivity index (χ4v) is 2.27. The highest BCUT2D eigenvalue weighted by molar-refractivity contribution is 6.31. The van der Waals surface area contributed by atoms with Crippen LogP contribution in [0.2, 0.25) is 5.02 Å². The molecule has 1 amide bonds. The second-order valence-electron chi connectivity index (χ2n) is 4.56. The lowest BCUT2D eigenvalue weighted by atomic mass is 10.1. The third-order valence-corrected chi connectivity index (χ3v) is 3.37. The molecule has 2 aromatic carbocycles. The molecule has 110 valence electrons. The number of methoxy groups -OCH3 is 1. The maximum atomic E-state index is 12.4. The van der Waals surface area contributed by atoms with Gasteiger partial charge in [0, 0.05) is 23.1 Å². The molecule has 0 unspecified atom stereocenters. The summed E-state index contributed by atoms with van der Waals surface area (Å²) >= 11 is 5.95. The van der Waals surface area contributed by atoms with Crippen LogP contribution in [0, 0.1) is 0 Å². The predicted octanol–water partition coefficient (Wildman–Crippen LogP) is 3.54. The lowest BCUT2D eigenvalue weighted by molar-refractivity contribution is 0.102. The molecule has 0 spiro atoms. The minimum atomic E-state index is -0.303. The third kappa shape index (κ3) is 2.84. The average molecular weight is 314 g/mol. The first kappa shape index (κ1) is 14.3. The summed E-state index contributed by atoms with van der Waals surface area (Å²) in [5, 5.41) is 3.27. The normalized spacial score (nSPS) is 10.5. The Morgan fingerprint density at radius 2 is 1.86 bits per heavy atom. The predicted molar refractivity (Wildman–Crippen MR) is 85.5 cm³/mol. The molecule has 0 bridgehead atoms. The second-order valence-corrected chi connectivity index (χ2v) is 5.00.